The zero-order valence-electron chi connectivity index (χ0n) is 12.0. The van der Waals surface area contributed by atoms with Crippen molar-refractivity contribution in [3.63, 3.8) is 0 Å². The molecule has 0 spiro atoms. The maximum absolute atomic E-state index is 12.2. The predicted molar refractivity (Wildman–Crippen MR) is 89.6 cm³/mol. The van der Waals surface area contributed by atoms with Gasteiger partial charge in [0.2, 0.25) is 0 Å². The monoisotopic (exact) mass is 350 g/mol. The predicted octanol–water partition coefficient (Wildman–Crippen LogP) is 3.97. The van der Waals surface area contributed by atoms with E-state index >= 15 is 0 Å². The topological polar surface area (TPSA) is 67.4 Å². The molecule has 2 amide bonds. The third-order valence-electron chi connectivity index (χ3n) is 3.35. The fourth-order valence-electron chi connectivity index (χ4n) is 2.13. The molecule has 0 bridgehead atoms. The lowest BCUT2D eigenvalue weighted by molar-refractivity contribution is -0.122. The molecule has 3 rings (SSSR count). The third kappa shape index (κ3) is 3.25. The second-order valence-electron chi connectivity index (χ2n) is 5.04. The summed E-state index contributed by atoms with van der Waals surface area (Å²) in [5.41, 5.74) is 1.42. The van der Waals surface area contributed by atoms with Crippen molar-refractivity contribution in [3.05, 3.63) is 52.0 Å². The number of nitrogens with one attached hydrogen (secondary N) is 2. The van der Waals surface area contributed by atoms with Gasteiger partial charge in [0.25, 0.3) is 11.8 Å². The average Bonchev–Trinajstić information content (AvgIpc) is 2.51. The minimum absolute atomic E-state index is 0.231. The first-order chi connectivity index (χ1) is 10.9. The number of amides is 2. The van der Waals surface area contributed by atoms with Crippen LogP contribution in [0.5, 0.6) is 5.75 Å². The molecular formula is C16H12Cl2N2O3. The number of fused-ring (bicyclic) bond motifs is 1. The van der Waals surface area contributed by atoms with E-state index in [9.17, 15) is 9.59 Å². The molecule has 0 radical (unpaired) electrons. The second-order valence-corrected chi connectivity index (χ2v) is 5.86. The van der Waals surface area contributed by atoms with E-state index in [0.29, 0.717) is 32.7 Å². The molecule has 1 heterocycles. The fourth-order valence-corrected chi connectivity index (χ4v) is 2.43. The molecule has 1 unspecified atom stereocenters. The van der Waals surface area contributed by atoms with Crippen LogP contribution >= 0.6 is 23.2 Å². The highest BCUT2D eigenvalue weighted by atomic mass is 35.5. The van der Waals surface area contributed by atoms with Crippen molar-refractivity contribution >= 4 is 46.4 Å². The molecule has 1 aliphatic heterocycles. The van der Waals surface area contributed by atoms with Crippen LogP contribution in [0, 0.1) is 0 Å². The number of ether oxygens (including phenoxy) is 1. The molecule has 2 N–H and O–H groups in total. The molecule has 118 valence electrons. The van der Waals surface area contributed by atoms with Gasteiger partial charge in [-0.15, -0.1) is 0 Å². The summed E-state index contributed by atoms with van der Waals surface area (Å²) in [6.45, 7) is 1.66. The first-order valence-electron chi connectivity index (χ1n) is 6.82. The van der Waals surface area contributed by atoms with Gasteiger partial charge >= 0.3 is 0 Å². The molecule has 23 heavy (non-hydrogen) atoms. The minimum Gasteiger partial charge on any atom is -0.479 e. The van der Waals surface area contributed by atoms with E-state index in [4.69, 9.17) is 27.9 Å². The van der Waals surface area contributed by atoms with Crippen molar-refractivity contribution in [2.24, 2.45) is 0 Å². The lowest BCUT2D eigenvalue weighted by Gasteiger charge is -2.23. The minimum atomic E-state index is -0.542. The Morgan fingerprint density at radius 1 is 1.17 bits per heavy atom. The number of anilines is 2. The van der Waals surface area contributed by atoms with Gasteiger partial charge in [0.05, 0.1) is 15.7 Å². The van der Waals surface area contributed by atoms with Crippen molar-refractivity contribution in [2.45, 2.75) is 13.0 Å². The first kappa shape index (κ1) is 15.6. The van der Waals surface area contributed by atoms with Crippen LogP contribution in [-0.2, 0) is 4.79 Å². The Morgan fingerprint density at radius 2 is 1.96 bits per heavy atom. The van der Waals surface area contributed by atoms with Crippen LogP contribution in [0.2, 0.25) is 10.0 Å². The summed E-state index contributed by atoms with van der Waals surface area (Å²) in [7, 11) is 0. The van der Waals surface area contributed by atoms with Crippen molar-refractivity contribution in [3.8, 4) is 5.75 Å². The smallest absolute Gasteiger partial charge is 0.265 e. The van der Waals surface area contributed by atoms with E-state index < -0.39 is 6.10 Å². The van der Waals surface area contributed by atoms with E-state index in [1.165, 1.54) is 6.07 Å². The van der Waals surface area contributed by atoms with Crippen LogP contribution in [0.25, 0.3) is 0 Å². The Labute approximate surface area is 142 Å². The van der Waals surface area contributed by atoms with Gasteiger partial charge in [-0.2, -0.15) is 0 Å². The molecule has 2 aromatic carbocycles. The zero-order chi connectivity index (χ0) is 16.6. The first-order valence-corrected chi connectivity index (χ1v) is 7.57. The summed E-state index contributed by atoms with van der Waals surface area (Å²) in [5.74, 6) is -0.00460. The Morgan fingerprint density at radius 3 is 2.70 bits per heavy atom. The second kappa shape index (κ2) is 6.10. The molecule has 0 aromatic heterocycles. The average molecular weight is 351 g/mol. The van der Waals surface area contributed by atoms with Crippen LogP contribution in [0.1, 0.15) is 17.3 Å². The molecule has 0 aliphatic carbocycles. The lowest BCUT2D eigenvalue weighted by atomic mass is 10.2. The number of benzene rings is 2. The molecular weight excluding hydrogens is 339 g/mol. The van der Waals surface area contributed by atoms with Crippen LogP contribution in [0.3, 0.4) is 0 Å². The molecule has 0 saturated carbocycles. The largest absolute Gasteiger partial charge is 0.479 e. The Kier molecular flexibility index (Phi) is 4.15. The van der Waals surface area contributed by atoms with Gasteiger partial charge in [0.1, 0.15) is 5.75 Å². The maximum Gasteiger partial charge on any atom is 0.265 e. The van der Waals surface area contributed by atoms with Gasteiger partial charge in [0.15, 0.2) is 6.10 Å². The van der Waals surface area contributed by atoms with Crippen LogP contribution in [0.4, 0.5) is 11.4 Å². The summed E-state index contributed by atoms with van der Waals surface area (Å²) >= 11 is 11.7. The summed E-state index contributed by atoms with van der Waals surface area (Å²) in [4.78, 5) is 23.9. The number of carbonyl (C=O) groups is 2. The number of halogens is 2. The highest BCUT2D eigenvalue weighted by Gasteiger charge is 2.23. The number of hydrogen-bond acceptors (Lipinski definition) is 3. The highest BCUT2D eigenvalue weighted by Crippen LogP contribution is 2.32. The van der Waals surface area contributed by atoms with Gasteiger partial charge in [0, 0.05) is 11.3 Å². The maximum atomic E-state index is 12.2. The van der Waals surface area contributed by atoms with E-state index in [1.54, 1.807) is 37.3 Å². The number of hydrogen-bond donors (Lipinski definition) is 2. The van der Waals surface area contributed by atoms with Gasteiger partial charge in [-0.05, 0) is 43.3 Å². The Balaban J connectivity index is 1.80. The van der Waals surface area contributed by atoms with E-state index in [1.807, 2.05) is 0 Å². The van der Waals surface area contributed by atoms with Crippen molar-refractivity contribution in [1.82, 2.24) is 0 Å². The van der Waals surface area contributed by atoms with E-state index in [2.05, 4.69) is 10.6 Å². The standard InChI is InChI=1S/C16H12Cl2N2O3/c1-8-15(21)20-13-7-10(3-5-14(13)23-8)19-16(22)9-2-4-11(17)12(18)6-9/h2-8H,1H3,(H,19,22)(H,20,21). The molecule has 5 nitrogen and oxygen atoms in total. The van der Waals surface area contributed by atoms with Crippen molar-refractivity contribution < 1.29 is 14.3 Å². The Hall–Kier alpha value is -2.24. The Bertz CT molecular complexity index is 808. The third-order valence-corrected chi connectivity index (χ3v) is 4.09. The van der Waals surface area contributed by atoms with Gasteiger partial charge in [-0.25, -0.2) is 0 Å². The summed E-state index contributed by atoms with van der Waals surface area (Å²) in [6.07, 6.45) is -0.542. The number of rotatable bonds is 2. The van der Waals surface area contributed by atoms with Crippen molar-refractivity contribution in [1.29, 1.82) is 0 Å². The number of carbonyl (C=O) groups excluding carboxylic acids is 2. The summed E-state index contributed by atoms with van der Waals surface area (Å²) in [5, 5.41) is 6.14. The van der Waals surface area contributed by atoms with Gasteiger partial charge in [-0.1, -0.05) is 23.2 Å². The van der Waals surface area contributed by atoms with Crippen molar-refractivity contribution in [2.75, 3.05) is 10.6 Å². The normalized spacial score (nSPS) is 16.1. The molecule has 2 aromatic rings. The molecule has 1 atom stereocenters. The molecule has 1 aliphatic rings. The van der Waals surface area contributed by atoms with Gasteiger partial charge in [-0.3, -0.25) is 9.59 Å². The van der Waals surface area contributed by atoms with Crippen LogP contribution in [0.15, 0.2) is 36.4 Å². The fraction of sp³-hybridized carbons (Fsp3) is 0.125. The zero-order valence-corrected chi connectivity index (χ0v) is 13.5. The molecule has 0 fully saturated rings. The molecule has 7 heteroatoms. The lowest BCUT2D eigenvalue weighted by Crippen LogP contribution is -2.34. The van der Waals surface area contributed by atoms with E-state index in [-0.39, 0.29) is 11.8 Å². The highest BCUT2D eigenvalue weighted by molar-refractivity contribution is 6.42. The van der Waals surface area contributed by atoms with Crippen LogP contribution in [-0.4, -0.2) is 17.9 Å². The molecule has 0 saturated heterocycles. The summed E-state index contributed by atoms with van der Waals surface area (Å²) < 4.78 is 5.46. The van der Waals surface area contributed by atoms with E-state index in [0.717, 1.165) is 0 Å². The SMILES string of the molecule is CC1Oc2ccc(NC(=O)c3ccc(Cl)c(Cl)c3)cc2NC1=O. The van der Waals surface area contributed by atoms with Gasteiger partial charge < -0.3 is 15.4 Å². The quantitative estimate of drug-likeness (QED) is 0.861. The summed E-state index contributed by atoms with van der Waals surface area (Å²) in [6, 6.07) is 9.64. The van der Waals surface area contributed by atoms with Crippen LogP contribution < -0.4 is 15.4 Å².